The minimum Gasteiger partial charge on any atom is -0.497 e. The molecule has 1 aromatic carbocycles. The summed E-state index contributed by atoms with van der Waals surface area (Å²) in [6, 6.07) is 2.25. The molecule has 0 fully saturated rings. The fraction of sp³-hybridized carbons (Fsp3) is 0.417. The van der Waals surface area contributed by atoms with Crippen molar-refractivity contribution in [3.8, 4) is 5.75 Å². The van der Waals surface area contributed by atoms with E-state index in [2.05, 4.69) is 4.74 Å². The highest BCUT2D eigenvalue weighted by Gasteiger charge is 2.32. The van der Waals surface area contributed by atoms with Crippen LogP contribution in [0.1, 0.15) is 23.6 Å². The monoisotopic (exact) mass is 277 g/mol. The summed E-state index contributed by atoms with van der Waals surface area (Å²) in [6.07, 6.45) is -4.71. The van der Waals surface area contributed by atoms with Crippen molar-refractivity contribution in [2.45, 2.75) is 18.6 Å². The lowest BCUT2D eigenvalue weighted by atomic mass is 10.0. The molecule has 0 bridgehead atoms. The van der Waals surface area contributed by atoms with Crippen LogP contribution in [0.2, 0.25) is 0 Å². The van der Waals surface area contributed by atoms with Crippen LogP contribution in [0.15, 0.2) is 18.2 Å². The largest absolute Gasteiger partial charge is 0.497 e. The van der Waals surface area contributed by atoms with Crippen molar-refractivity contribution >= 4 is 5.97 Å². The Kier molecular flexibility index (Phi) is 4.77. The van der Waals surface area contributed by atoms with Gasteiger partial charge in [0, 0.05) is 6.04 Å². The Morgan fingerprint density at radius 1 is 1.32 bits per heavy atom. The third-order valence-electron chi connectivity index (χ3n) is 2.53. The molecule has 0 spiro atoms. The molecule has 19 heavy (non-hydrogen) atoms. The lowest BCUT2D eigenvalue weighted by Crippen LogP contribution is -2.17. The highest BCUT2D eigenvalue weighted by molar-refractivity contribution is 5.70. The lowest BCUT2D eigenvalue weighted by molar-refractivity contribution is -0.141. The summed E-state index contributed by atoms with van der Waals surface area (Å²) < 4.78 is 47.3. The Morgan fingerprint density at radius 2 is 1.95 bits per heavy atom. The predicted octanol–water partition coefficient (Wildman–Crippen LogP) is 2.28. The number of hydrogen-bond donors (Lipinski definition) is 1. The third-order valence-corrected chi connectivity index (χ3v) is 2.53. The summed E-state index contributed by atoms with van der Waals surface area (Å²) in [7, 11) is 2.44. The number of alkyl halides is 3. The molecule has 1 aromatic rings. The maximum absolute atomic E-state index is 12.7. The van der Waals surface area contributed by atoms with Crippen molar-refractivity contribution in [2.24, 2.45) is 5.73 Å². The van der Waals surface area contributed by atoms with E-state index in [4.69, 9.17) is 10.5 Å². The van der Waals surface area contributed by atoms with Gasteiger partial charge in [-0.2, -0.15) is 13.2 Å². The average molecular weight is 277 g/mol. The SMILES string of the molecule is COC(=O)C[C@H](N)c1cc(OC)cc(C(F)(F)F)c1. The molecule has 1 rings (SSSR count). The number of nitrogens with two attached hydrogens (primary N) is 1. The van der Waals surface area contributed by atoms with Crippen LogP contribution >= 0.6 is 0 Å². The maximum Gasteiger partial charge on any atom is 0.416 e. The molecule has 7 heteroatoms. The van der Waals surface area contributed by atoms with Gasteiger partial charge in [-0.15, -0.1) is 0 Å². The van der Waals surface area contributed by atoms with Crippen LogP contribution in [0.5, 0.6) is 5.75 Å². The fourth-order valence-electron chi connectivity index (χ4n) is 1.50. The summed E-state index contributed by atoms with van der Waals surface area (Å²) in [5.74, 6) is -0.561. The zero-order valence-electron chi connectivity index (χ0n) is 10.5. The molecular formula is C12H14F3NO3. The smallest absolute Gasteiger partial charge is 0.416 e. The van der Waals surface area contributed by atoms with Crippen molar-refractivity contribution in [2.75, 3.05) is 14.2 Å². The van der Waals surface area contributed by atoms with Crippen LogP contribution in [0.25, 0.3) is 0 Å². The van der Waals surface area contributed by atoms with Gasteiger partial charge < -0.3 is 15.2 Å². The highest BCUT2D eigenvalue weighted by atomic mass is 19.4. The van der Waals surface area contributed by atoms with Crippen molar-refractivity contribution in [3.05, 3.63) is 29.3 Å². The van der Waals surface area contributed by atoms with Crippen molar-refractivity contribution in [3.63, 3.8) is 0 Å². The van der Waals surface area contributed by atoms with E-state index in [-0.39, 0.29) is 17.7 Å². The Hall–Kier alpha value is -1.76. The van der Waals surface area contributed by atoms with Crippen LogP contribution in [0.3, 0.4) is 0 Å². The number of carbonyl (C=O) groups is 1. The van der Waals surface area contributed by atoms with Crippen LogP contribution in [-0.2, 0) is 15.7 Å². The summed E-state index contributed by atoms with van der Waals surface area (Å²) in [4.78, 5) is 11.1. The molecule has 0 unspecified atom stereocenters. The summed E-state index contributed by atoms with van der Waals surface area (Å²) in [5.41, 5.74) is 4.97. The van der Waals surface area contributed by atoms with Gasteiger partial charge in [0.15, 0.2) is 0 Å². The summed E-state index contributed by atoms with van der Waals surface area (Å²) >= 11 is 0. The normalized spacial score (nSPS) is 12.9. The molecule has 0 saturated heterocycles. The number of esters is 1. The topological polar surface area (TPSA) is 61.5 Å². The summed E-state index contributed by atoms with van der Waals surface area (Å²) in [6.45, 7) is 0. The van der Waals surface area contributed by atoms with Gasteiger partial charge in [-0.3, -0.25) is 4.79 Å². The van der Waals surface area contributed by atoms with Crippen LogP contribution in [0, 0.1) is 0 Å². The van der Waals surface area contributed by atoms with Crippen LogP contribution < -0.4 is 10.5 Å². The van der Waals surface area contributed by atoms with E-state index < -0.39 is 23.8 Å². The fourth-order valence-corrected chi connectivity index (χ4v) is 1.50. The van der Waals surface area contributed by atoms with Crippen LogP contribution in [0.4, 0.5) is 13.2 Å². The minimum absolute atomic E-state index is 0.0325. The number of halogens is 3. The van der Waals surface area contributed by atoms with E-state index in [0.717, 1.165) is 12.1 Å². The maximum atomic E-state index is 12.7. The highest BCUT2D eigenvalue weighted by Crippen LogP contribution is 2.34. The van der Waals surface area contributed by atoms with E-state index >= 15 is 0 Å². The number of carbonyl (C=O) groups excluding carboxylic acids is 1. The first-order valence-corrected chi connectivity index (χ1v) is 5.36. The first-order valence-electron chi connectivity index (χ1n) is 5.36. The van der Waals surface area contributed by atoms with Crippen molar-refractivity contribution < 1.29 is 27.4 Å². The molecule has 4 nitrogen and oxygen atoms in total. The Morgan fingerprint density at radius 3 is 2.42 bits per heavy atom. The second-order valence-corrected chi connectivity index (χ2v) is 3.88. The van der Waals surface area contributed by atoms with Gasteiger partial charge in [0.05, 0.1) is 26.2 Å². The molecule has 0 aliphatic rings. The zero-order chi connectivity index (χ0) is 14.6. The first kappa shape index (κ1) is 15.3. The number of ether oxygens (including phenoxy) is 2. The average Bonchev–Trinajstić information content (AvgIpc) is 2.36. The molecule has 0 radical (unpaired) electrons. The number of rotatable bonds is 4. The predicted molar refractivity (Wildman–Crippen MR) is 61.6 cm³/mol. The van der Waals surface area contributed by atoms with E-state index in [9.17, 15) is 18.0 Å². The molecule has 106 valence electrons. The number of methoxy groups -OCH3 is 2. The molecule has 0 aliphatic carbocycles. The molecule has 0 saturated carbocycles. The van der Waals surface area contributed by atoms with Gasteiger partial charge in [0.2, 0.25) is 0 Å². The molecule has 0 heterocycles. The second-order valence-electron chi connectivity index (χ2n) is 3.88. The Bertz CT molecular complexity index is 460. The Labute approximate surface area is 108 Å². The molecular weight excluding hydrogens is 263 g/mol. The molecule has 0 aromatic heterocycles. The van der Waals surface area contributed by atoms with Gasteiger partial charge in [-0.25, -0.2) is 0 Å². The molecule has 0 aliphatic heterocycles. The van der Waals surface area contributed by atoms with Gasteiger partial charge >= 0.3 is 12.1 Å². The van der Waals surface area contributed by atoms with Gasteiger partial charge in [-0.05, 0) is 23.8 Å². The van der Waals surface area contributed by atoms with Crippen LogP contribution in [-0.4, -0.2) is 20.2 Å². The molecule has 1 atom stereocenters. The van der Waals surface area contributed by atoms with Gasteiger partial charge in [0.1, 0.15) is 5.75 Å². The summed E-state index contributed by atoms with van der Waals surface area (Å²) in [5, 5.41) is 0. The van der Waals surface area contributed by atoms with Gasteiger partial charge in [0.25, 0.3) is 0 Å². The first-order chi connectivity index (χ1) is 8.77. The number of hydrogen-bond acceptors (Lipinski definition) is 4. The van der Waals surface area contributed by atoms with Gasteiger partial charge in [-0.1, -0.05) is 0 Å². The Balaban J connectivity index is 3.09. The zero-order valence-corrected chi connectivity index (χ0v) is 10.5. The van der Waals surface area contributed by atoms with Crippen molar-refractivity contribution in [1.29, 1.82) is 0 Å². The van der Waals surface area contributed by atoms with E-state index in [0.29, 0.717) is 0 Å². The molecule has 2 N–H and O–H groups in total. The van der Waals surface area contributed by atoms with E-state index in [1.165, 1.54) is 20.3 Å². The van der Waals surface area contributed by atoms with E-state index in [1.807, 2.05) is 0 Å². The minimum atomic E-state index is -4.51. The standard InChI is InChI=1S/C12H14F3NO3/c1-18-9-4-7(10(16)6-11(17)19-2)3-8(5-9)12(13,14)15/h3-5,10H,6,16H2,1-2H3/t10-/m0/s1. The number of benzene rings is 1. The quantitative estimate of drug-likeness (QED) is 0.858. The van der Waals surface area contributed by atoms with Crippen molar-refractivity contribution in [1.82, 2.24) is 0 Å². The third kappa shape index (κ3) is 4.13. The second kappa shape index (κ2) is 5.92. The molecule has 0 amide bonds. The van der Waals surface area contributed by atoms with E-state index in [1.54, 1.807) is 0 Å². The lowest BCUT2D eigenvalue weighted by Gasteiger charge is -2.15.